The number of amides is 1. The van der Waals surface area contributed by atoms with Gasteiger partial charge < -0.3 is 15.5 Å². The molecule has 0 fully saturated rings. The molecule has 4 nitrogen and oxygen atoms in total. The van der Waals surface area contributed by atoms with Gasteiger partial charge in [-0.25, -0.2) is 0 Å². The second-order valence-corrected chi connectivity index (χ2v) is 5.42. The highest BCUT2D eigenvalue weighted by molar-refractivity contribution is 7.80. The highest BCUT2D eigenvalue weighted by atomic mass is 32.1. The summed E-state index contributed by atoms with van der Waals surface area (Å²) < 4.78 is 0. The molecule has 0 aliphatic heterocycles. The van der Waals surface area contributed by atoms with Crippen LogP contribution in [0.15, 0.2) is 0 Å². The average Bonchev–Trinajstić information content (AvgIpc) is 2.32. The molecule has 18 heavy (non-hydrogen) atoms. The Labute approximate surface area is 116 Å². The van der Waals surface area contributed by atoms with E-state index in [2.05, 4.69) is 25.8 Å². The minimum Gasteiger partial charge on any atom is -0.393 e. The Balaban J connectivity index is 3.90. The van der Waals surface area contributed by atoms with E-state index in [1.807, 2.05) is 0 Å². The zero-order chi connectivity index (χ0) is 14.1. The molecule has 1 atom stereocenters. The summed E-state index contributed by atoms with van der Waals surface area (Å²) in [5.41, 5.74) is 5.42. The summed E-state index contributed by atoms with van der Waals surface area (Å²) in [5.74, 6) is 0.154. The molecule has 1 unspecified atom stereocenters. The first-order chi connectivity index (χ1) is 8.38. The van der Waals surface area contributed by atoms with E-state index in [9.17, 15) is 4.79 Å². The van der Waals surface area contributed by atoms with Gasteiger partial charge in [-0.1, -0.05) is 25.6 Å². The van der Waals surface area contributed by atoms with E-state index in [1.54, 1.807) is 11.9 Å². The van der Waals surface area contributed by atoms with Crippen molar-refractivity contribution in [2.45, 2.75) is 45.6 Å². The summed E-state index contributed by atoms with van der Waals surface area (Å²) in [4.78, 5) is 16.3. The minimum absolute atomic E-state index is 0.154. The predicted octanol–water partition coefficient (Wildman–Crippen LogP) is 1.63. The van der Waals surface area contributed by atoms with Gasteiger partial charge in [-0.05, 0) is 20.4 Å². The van der Waals surface area contributed by atoms with E-state index < -0.39 is 0 Å². The first-order valence-electron chi connectivity index (χ1n) is 6.61. The lowest BCUT2D eigenvalue weighted by Crippen LogP contribution is -2.35. The first-order valence-corrected chi connectivity index (χ1v) is 7.01. The highest BCUT2D eigenvalue weighted by Crippen LogP contribution is 2.05. The van der Waals surface area contributed by atoms with Gasteiger partial charge in [0.2, 0.25) is 5.91 Å². The van der Waals surface area contributed by atoms with E-state index in [-0.39, 0.29) is 5.91 Å². The lowest BCUT2D eigenvalue weighted by Gasteiger charge is -2.25. The van der Waals surface area contributed by atoms with Gasteiger partial charge in [0.05, 0.1) is 4.99 Å². The molecule has 0 saturated heterocycles. The van der Waals surface area contributed by atoms with Gasteiger partial charge in [0.1, 0.15) is 0 Å². The summed E-state index contributed by atoms with van der Waals surface area (Å²) in [6.45, 7) is 5.79. The normalized spacial score (nSPS) is 12.5. The van der Waals surface area contributed by atoms with Crippen LogP contribution in [-0.4, -0.2) is 53.9 Å². The van der Waals surface area contributed by atoms with Crippen molar-refractivity contribution in [3.63, 3.8) is 0 Å². The third-order valence-electron chi connectivity index (χ3n) is 3.26. The Hall–Kier alpha value is -0.680. The molecule has 0 bridgehead atoms. The number of nitrogens with zero attached hydrogens (tertiary/aromatic N) is 2. The molecule has 0 saturated carbocycles. The molecular weight excluding hydrogens is 246 g/mol. The zero-order valence-corrected chi connectivity index (χ0v) is 12.9. The van der Waals surface area contributed by atoms with E-state index in [0.717, 1.165) is 6.54 Å². The second kappa shape index (κ2) is 9.28. The van der Waals surface area contributed by atoms with Crippen LogP contribution in [0.4, 0.5) is 0 Å². The Morgan fingerprint density at radius 3 is 2.39 bits per heavy atom. The van der Waals surface area contributed by atoms with Crippen molar-refractivity contribution in [2.75, 3.05) is 27.2 Å². The van der Waals surface area contributed by atoms with Gasteiger partial charge >= 0.3 is 0 Å². The molecule has 0 aliphatic carbocycles. The number of carbonyl (C=O) groups excluding carboxylic acids is 1. The van der Waals surface area contributed by atoms with Gasteiger partial charge in [0, 0.05) is 39.0 Å². The molecular formula is C13H27N3OS. The second-order valence-electron chi connectivity index (χ2n) is 4.90. The molecule has 106 valence electrons. The molecule has 0 radical (unpaired) electrons. The number of carbonyl (C=O) groups is 1. The van der Waals surface area contributed by atoms with Gasteiger partial charge in [-0.2, -0.15) is 0 Å². The van der Waals surface area contributed by atoms with Crippen molar-refractivity contribution >= 4 is 23.1 Å². The van der Waals surface area contributed by atoms with Crippen LogP contribution in [0.5, 0.6) is 0 Å². The highest BCUT2D eigenvalue weighted by Gasteiger charge is 2.12. The third kappa shape index (κ3) is 7.61. The smallest absolute Gasteiger partial charge is 0.223 e. The summed E-state index contributed by atoms with van der Waals surface area (Å²) in [6.07, 6.45) is 3.49. The number of rotatable bonds is 9. The largest absolute Gasteiger partial charge is 0.393 e. The van der Waals surface area contributed by atoms with Crippen LogP contribution < -0.4 is 5.73 Å². The number of nitrogens with two attached hydrogens (primary N) is 1. The fourth-order valence-electron chi connectivity index (χ4n) is 1.72. The Morgan fingerprint density at radius 2 is 1.89 bits per heavy atom. The monoisotopic (exact) mass is 273 g/mol. The molecule has 0 spiro atoms. The van der Waals surface area contributed by atoms with E-state index >= 15 is 0 Å². The van der Waals surface area contributed by atoms with E-state index in [4.69, 9.17) is 18.0 Å². The maximum atomic E-state index is 11.9. The Kier molecular flexibility index (Phi) is 8.93. The zero-order valence-electron chi connectivity index (χ0n) is 12.1. The number of hydrogen-bond donors (Lipinski definition) is 1. The average molecular weight is 273 g/mol. The molecule has 0 heterocycles. The van der Waals surface area contributed by atoms with E-state index in [1.165, 1.54) is 12.8 Å². The summed E-state index contributed by atoms with van der Waals surface area (Å²) in [5, 5.41) is 0. The summed E-state index contributed by atoms with van der Waals surface area (Å²) >= 11 is 4.80. The van der Waals surface area contributed by atoms with Gasteiger partial charge in [-0.15, -0.1) is 0 Å². The number of thiocarbonyl (C=S) groups is 1. The van der Waals surface area contributed by atoms with Crippen LogP contribution in [0, 0.1) is 0 Å². The van der Waals surface area contributed by atoms with Crippen LogP contribution in [0.3, 0.4) is 0 Å². The first kappa shape index (κ1) is 17.3. The lowest BCUT2D eigenvalue weighted by molar-refractivity contribution is -0.130. The van der Waals surface area contributed by atoms with Crippen LogP contribution >= 0.6 is 12.2 Å². The minimum atomic E-state index is 0.154. The van der Waals surface area contributed by atoms with Gasteiger partial charge in [0.25, 0.3) is 0 Å². The molecule has 0 aromatic rings. The standard InChI is InChI=1S/C13H27N3OS/c1-5-6-11(2)15(3)10-8-13(17)16(4)9-7-12(14)18/h11H,5-10H2,1-4H3,(H2,14,18). The maximum absolute atomic E-state index is 11.9. The Bertz CT molecular complexity index is 271. The van der Waals surface area contributed by atoms with Crippen molar-refractivity contribution in [3.05, 3.63) is 0 Å². The fraction of sp³-hybridized carbons (Fsp3) is 0.846. The molecule has 0 aromatic carbocycles. The van der Waals surface area contributed by atoms with Gasteiger partial charge in [0.15, 0.2) is 0 Å². The molecule has 0 aliphatic rings. The molecule has 0 rings (SSSR count). The van der Waals surface area contributed by atoms with Crippen molar-refractivity contribution in [1.29, 1.82) is 0 Å². The lowest BCUT2D eigenvalue weighted by atomic mass is 10.1. The number of hydrogen-bond acceptors (Lipinski definition) is 3. The maximum Gasteiger partial charge on any atom is 0.223 e. The van der Waals surface area contributed by atoms with Crippen molar-refractivity contribution in [2.24, 2.45) is 5.73 Å². The predicted molar refractivity (Wildman–Crippen MR) is 80.7 cm³/mol. The van der Waals surface area contributed by atoms with Gasteiger partial charge in [-0.3, -0.25) is 4.79 Å². The third-order valence-corrected chi connectivity index (χ3v) is 3.46. The quantitative estimate of drug-likeness (QED) is 0.649. The van der Waals surface area contributed by atoms with Crippen LogP contribution in [-0.2, 0) is 4.79 Å². The summed E-state index contributed by atoms with van der Waals surface area (Å²) in [6, 6.07) is 0.532. The summed E-state index contributed by atoms with van der Waals surface area (Å²) in [7, 11) is 3.87. The SMILES string of the molecule is CCCC(C)N(C)CCC(=O)N(C)CCC(N)=S. The van der Waals surface area contributed by atoms with Crippen molar-refractivity contribution in [3.8, 4) is 0 Å². The van der Waals surface area contributed by atoms with Crippen molar-refractivity contribution in [1.82, 2.24) is 9.80 Å². The van der Waals surface area contributed by atoms with Crippen LogP contribution in [0.2, 0.25) is 0 Å². The van der Waals surface area contributed by atoms with Crippen molar-refractivity contribution < 1.29 is 4.79 Å². The van der Waals surface area contributed by atoms with E-state index in [0.29, 0.717) is 30.4 Å². The molecule has 1 amide bonds. The molecule has 2 N–H and O–H groups in total. The fourth-order valence-corrected chi connectivity index (χ4v) is 1.82. The van der Waals surface area contributed by atoms with Crippen LogP contribution in [0.25, 0.3) is 0 Å². The topological polar surface area (TPSA) is 49.6 Å². The van der Waals surface area contributed by atoms with Crippen LogP contribution in [0.1, 0.15) is 39.5 Å². The molecule has 0 aromatic heterocycles. The molecule has 5 heteroatoms. The Morgan fingerprint density at radius 1 is 1.28 bits per heavy atom.